The average molecular weight is 380 g/mol. The average Bonchev–Trinajstić information content (AvgIpc) is 2.96. The van der Waals surface area contributed by atoms with Crippen LogP contribution in [-0.4, -0.2) is 11.0 Å². The summed E-state index contributed by atoms with van der Waals surface area (Å²) in [6.45, 7) is 14.0. The van der Waals surface area contributed by atoms with Gasteiger partial charge < -0.3 is 5.32 Å². The van der Waals surface area contributed by atoms with E-state index < -0.39 is 5.54 Å². The summed E-state index contributed by atoms with van der Waals surface area (Å²) in [4.78, 5) is 17.1. The van der Waals surface area contributed by atoms with Crippen LogP contribution >= 0.6 is 11.3 Å². The number of carbonyl (C=O) groups excluding carboxylic acids is 1. The Morgan fingerprint density at radius 1 is 1.19 bits per heavy atom. The molecule has 0 saturated carbocycles. The van der Waals surface area contributed by atoms with Gasteiger partial charge in [0.15, 0.2) is 5.13 Å². The molecule has 0 atom stereocenters. The molecular weight excluding hydrogens is 354 g/mol. The number of fused-ring (bicyclic) bond motifs is 1. The standard InChI is InChI=1S/C22H25N3OS/c1-13(2)16-8-7-9-17(12-16)22(5,6)25-20(26)24-21-23-19-15(4)10-14(3)11-18(19)27-21/h7-12H,1H2,2-6H3,(H2,23,24,25,26). The minimum atomic E-state index is -0.529. The highest BCUT2D eigenvalue weighted by atomic mass is 32.1. The number of carbonyl (C=O) groups is 1. The number of thiazole rings is 1. The van der Waals surface area contributed by atoms with Crippen molar-refractivity contribution in [1.29, 1.82) is 0 Å². The molecule has 1 aromatic heterocycles. The third kappa shape index (κ3) is 4.19. The topological polar surface area (TPSA) is 54.0 Å². The third-order valence-corrected chi connectivity index (χ3v) is 5.47. The smallest absolute Gasteiger partial charge is 0.321 e. The van der Waals surface area contributed by atoms with Gasteiger partial charge in [0.2, 0.25) is 0 Å². The molecule has 0 spiro atoms. The zero-order chi connectivity index (χ0) is 19.8. The maximum Gasteiger partial charge on any atom is 0.321 e. The molecule has 4 nitrogen and oxygen atoms in total. The Balaban J connectivity index is 1.77. The van der Waals surface area contributed by atoms with Crippen molar-refractivity contribution in [3.63, 3.8) is 0 Å². The zero-order valence-corrected chi connectivity index (χ0v) is 17.3. The van der Waals surface area contributed by atoms with Gasteiger partial charge in [0.1, 0.15) is 0 Å². The number of hydrogen-bond acceptors (Lipinski definition) is 3. The van der Waals surface area contributed by atoms with Gasteiger partial charge in [-0.3, -0.25) is 5.32 Å². The normalized spacial score (nSPS) is 11.4. The van der Waals surface area contributed by atoms with E-state index in [4.69, 9.17) is 0 Å². The van der Waals surface area contributed by atoms with Crippen LogP contribution in [-0.2, 0) is 5.54 Å². The quantitative estimate of drug-likeness (QED) is 0.584. The van der Waals surface area contributed by atoms with E-state index in [1.54, 1.807) is 0 Å². The Morgan fingerprint density at radius 3 is 2.63 bits per heavy atom. The molecule has 0 fully saturated rings. The van der Waals surface area contributed by atoms with E-state index in [-0.39, 0.29) is 6.03 Å². The third-order valence-electron chi connectivity index (χ3n) is 4.55. The van der Waals surface area contributed by atoms with Crippen LogP contribution < -0.4 is 10.6 Å². The molecule has 0 aliphatic rings. The van der Waals surface area contributed by atoms with E-state index in [2.05, 4.69) is 47.3 Å². The van der Waals surface area contributed by atoms with Gasteiger partial charge in [-0.1, -0.05) is 47.8 Å². The zero-order valence-electron chi connectivity index (χ0n) is 16.4. The highest BCUT2D eigenvalue weighted by molar-refractivity contribution is 7.22. The van der Waals surface area contributed by atoms with Crippen LogP contribution in [0.1, 0.15) is 43.0 Å². The summed E-state index contributed by atoms with van der Waals surface area (Å²) in [5.74, 6) is 0. The van der Waals surface area contributed by atoms with Crippen molar-refractivity contribution in [2.75, 3.05) is 5.32 Å². The second kappa shape index (κ2) is 7.16. The Bertz CT molecular complexity index is 1030. The molecular formula is C22H25N3OS. The first-order valence-corrected chi connectivity index (χ1v) is 9.71. The molecule has 3 aromatic rings. The van der Waals surface area contributed by atoms with E-state index >= 15 is 0 Å². The lowest BCUT2D eigenvalue weighted by atomic mass is 9.92. The number of aryl methyl sites for hydroxylation is 2. The number of amides is 2. The Labute approximate surface area is 164 Å². The molecule has 27 heavy (non-hydrogen) atoms. The van der Waals surface area contributed by atoms with Gasteiger partial charge in [0, 0.05) is 0 Å². The first-order chi connectivity index (χ1) is 12.7. The summed E-state index contributed by atoms with van der Waals surface area (Å²) < 4.78 is 1.08. The summed E-state index contributed by atoms with van der Waals surface area (Å²) in [5.41, 5.74) is 5.81. The van der Waals surface area contributed by atoms with E-state index in [0.717, 1.165) is 32.5 Å². The molecule has 2 amide bonds. The Morgan fingerprint density at radius 2 is 1.93 bits per heavy atom. The van der Waals surface area contributed by atoms with Crippen molar-refractivity contribution in [2.24, 2.45) is 0 Å². The number of urea groups is 1. The molecule has 3 rings (SSSR count). The van der Waals surface area contributed by atoms with Gasteiger partial charge in [-0.2, -0.15) is 0 Å². The molecule has 0 aliphatic heterocycles. The van der Waals surface area contributed by atoms with Crippen LogP contribution in [0.25, 0.3) is 15.8 Å². The van der Waals surface area contributed by atoms with Gasteiger partial charge in [-0.05, 0) is 69.0 Å². The molecule has 0 bridgehead atoms. The Hall–Kier alpha value is -2.66. The first kappa shape index (κ1) is 19.1. The molecule has 140 valence electrons. The predicted molar refractivity (Wildman–Crippen MR) is 115 cm³/mol. The van der Waals surface area contributed by atoms with Crippen LogP contribution in [0.5, 0.6) is 0 Å². The van der Waals surface area contributed by atoms with Crippen molar-refractivity contribution in [3.8, 4) is 0 Å². The minimum Gasteiger partial charge on any atom is -0.329 e. The summed E-state index contributed by atoms with van der Waals surface area (Å²) in [6.07, 6.45) is 0. The van der Waals surface area contributed by atoms with Crippen molar-refractivity contribution >= 4 is 38.3 Å². The van der Waals surface area contributed by atoms with E-state index in [1.807, 2.05) is 45.9 Å². The number of nitrogens with zero attached hydrogens (tertiary/aromatic N) is 1. The number of rotatable bonds is 4. The predicted octanol–water partition coefficient (Wildman–Crippen LogP) is 6.00. The minimum absolute atomic E-state index is 0.269. The fraction of sp³-hybridized carbons (Fsp3) is 0.273. The first-order valence-electron chi connectivity index (χ1n) is 8.89. The van der Waals surface area contributed by atoms with Gasteiger partial charge in [0.05, 0.1) is 15.8 Å². The van der Waals surface area contributed by atoms with E-state index in [9.17, 15) is 4.79 Å². The molecule has 0 saturated heterocycles. The summed E-state index contributed by atoms with van der Waals surface area (Å²) in [5, 5.41) is 6.53. The van der Waals surface area contributed by atoms with Gasteiger partial charge in [-0.15, -0.1) is 0 Å². The van der Waals surface area contributed by atoms with Gasteiger partial charge in [0.25, 0.3) is 0 Å². The molecule has 0 aliphatic carbocycles. The number of anilines is 1. The second-order valence-corrected chi connectivity index (χ2v) is 8.54. The maximum atomic E-state index is 12.6. The number of aromatic nitrogens is 1. The van der Waals surface area contributed by atoms with Crippen molar-refractivity contribution in [2.45, 2.75) is 40.2 Å². The molecule has 2 aromatic carbocycles. The van der Waals surface area contributed by atoms with Crippen LogP contribution in [0.2, 0.25) is 0 Å². The molecule has 2 N–H and O–H groups in total. The number of hydrogen-bond donors (Lipinski definition) is 2. The number of allylic oxidation sites excluding steroid dienone is 1. The second-order valence-electron chi connectivity index (χ2n) is 7.51. The number of nitrogens with one attached hydrogen (secondary N) is 2. The molecule has 1 heterocycles. The Kier molecular flexibility index (Phi) is 5.07. The van der Waals surface area contributed by atoms with Crippen LogP contribution in [0, 0.1) is 13.8 Å². The summed E-state index contributed by atoms with van der Waals surface area (Å²) >= 11 is 1.49. The highest BCUT2D eigenvalue weighted by Gasteiger charge is 2.24. The van der Waals surface area contributed by atoms with Crippen molar-refractivity contribution < 1.29 is 4.79 Å². The monoisotopic (exact) mass is 379 g/mol. The lowest BCUT2D eigenvalue weighted by Gasteiger charge is -2.27. The molecule has 5 heteroatoms. The van der Waals surface area contributed by atoms with Gasteiger partial charge in [-0.25, -0.2) is 9.78 Å². The highest BCUT2D eigenvalue weighted by Crippen LogP contribution is 2.29. The molecule has 0 radical (unpaired) electrons. The number of benzene rings is 2. The lowest BCUT2D eigenvalue weighted by Crippen LogP contribution is -2.43. The summed E-state index contributed by atoms with van der Waals surface area (Å²) in [6, 6.07) is 12.0. The lowest BCUT2D eigenvalue weighted by molar-refractivity contribution is 0.242. The molecule has 0 unspecified atom stereocenters. The van der Waals surface area contributed by atoms with E-state index in [1.165, 1.54) is 16.9 Å². The maximum absolute atomic E-state index is 12.6. The van der Waals surface area contributed by atoms with Gasteiger partial charge >= 0.3 is 6.03 Å². The summed E-state index contributed by atoms with van der Waals surface area (Å²) in [7, 11) is 0. The van der Waals surface area contributed by atoms with E-state index in [0.29, 0.717) is 5.13 Å². The van der Waals surface area contributed by atoms with Crippen LogP contribution in [0.4, 0.5) is 9.93 Å². The largest absolute Gasteiger partial charge is 0.329 e. The van der Waals surface area contributed by atoms with Crippen molar-refractivity contribution in [3.05, 3.63) is 65.2 Å². The van der Waals surface area contributed by atoms with Crippen LogP contribution in [0.3, 0.4) is 0 Å². The fourth-order valence-electron chi connectivity index (χ4n) is 3.08. The van der Waals surface area contributed by atoms with Crippen LogP contribution in [0.15, 0.2) is 43.0 Å². The van der Waals surface area contributed by atoms with Crippen molar-refractivity contribution in [1.82, 2.24) is 10.3 Å². The SMILES string of the molecule is C=C(C)c1cccc(C(C)(C)NC(=O)Nc2nc3c(C)cc(C)cc3s2)c1. The fourth-order valence-corrected chi connectivity index (χ4v) is 4.12.